The number of aliphatic hydroxyl groups is 1. The number of carbonyl (C=O) groups excluding carboxylic acids is 1. The van der Waals surface area contributed by atoms with E-state index in [1.807, 2.05) is 0 Å². The molecule has 3 nitrogen and oxygen atoms in total. The fourth-order valence-electron chi connectivity index (χ4n) is 4.72. The zero-order chi connectivity index (χ0) is 13.9. The zero-order valence-corrected chi connectivity index (χ0v) is 12.6. The van der Waals surface area contributed by atoms with Gasteiger partial charge >= 0.3 is 0 Å². The molecule has 3 aliphatic rings. The van der Waals surface area contributed by atoms with Crippen molar-refractivity contribution in [3.8, 4) is 0 Å². The molecule has 2 aliphatic carbocycles. The summed E-state index contributed by atoms with van der Waals surface area (Å²) in [4.78, 5) is 14.9. The lowest BCUT2D eigenvalue weighted by Crippen LogP contribution is -2.56. The van der Waals surface area contributed by atoms with Crippen molar-refractivity contribution in [2.24, 2.45) is 5.92 Å². The summed E-state index contributed by atoms with van der Waals surface area (Å²) in [5.74, 6) is 0.761. The summed E-state index contributed by atoms with van der Waals surface area (Å²) in [5, 5.41) is 10.4. The summed E-state index contributed by atoms with van der Waals surface area (Å²) in [6.45, 7) is 1.09. The van der Waals surface area contributed by atoms with E-state index in [-0.39, 0.29) is 12.0 Å². The molecule has 0 spiro atoms. The van der Waals surface area contributed by atoms with Crippen molar-refractivity contribution >= 4 is 5.78 Å². The molecule has 0 radical (unpaired) electrons. The Labute approximate surface area is 122 Å². The van der Waals surface area contributed by atoms with Gasteiger partial charge in [-0.1, -0.05) is 25.7 Å². The van der Waals surface area contributed by atoms with Crippen molar-refractivity contribution in [1.29, 1.82) is 0 Å². The highest BCUT2D eigenvalue weighted by atomic mass is 16.3. The van der Waals surface area contributed by atoms with E-state index in [0.29, 0.717) is 17.9 Å². The van der Waals surface area contributed by atoms with E-state index in [1.165, 1.54) is 38.5 Å². The number of aliphatic hydroxyl groups excluding tert-OH is 1. The van der Waals surface area contributed by atoms with Gasteiger partial charge in [0.25, 0.3) is 0 Å². The molecule has 1 N–H and O–H groups in total. The molecule has 1 heterocycles. The highest BCUT2D eigenvalue weighted by Gasteiger charge is 2.40. The SMILES string of the molecule is O=C1CCCCC1C1CCCCN1C1CCCCC1O. The van der Waals surface area contributed by atoms with Crippen LogP contribution in [0.3, 0.4) is 0 Å². The number of likely N-dealkylation sites (tertiary alicyclic amines) is 1. The third-order valence-electron chi connectivity index (χ3n) is 5.78. The zero-order valence-electron chi connectivity index (χ0n) is 12.6. The first-order valence-corrected chi connectivity index (χ1v) is 8.74. The molecule has 4 unspecified atom stereocenters. The molecule has 3 heteroatoms. The normalized spacial score (nSPS) is 40.8. The minimum atomic E-state index is -0.164. The molecule has 1 aliphatic heterocycles. The number of ketones is 1. The van der Waals surface area contributed by atoms with Gasteiger partial charge in [-0.25, -0.2) is 0 Å². The Hall–Kier alpha value is -0.410. The summed E-state index contributed by atoms with van der Waals surface area (Å²) < 4.78 is 0. The number of nitrogens with zero attached hydrogens (tertiary/aromatic N) is 1. The van der Waals surface area contributed by atoms with Crippen LogP contribution in [-0.4, -0.2) is 40.5 Å². The first-order chi connectivity index (χ1) is 9.77. The van der Waals surface area contributed by atoms with E-state index in [9.17, 15) is 9.90 Å². The molecule has 0 amide bonds. The summed E-state index contributed by atoms with van der Waals surface area (Å²) in [5.41, 5.74) is 0. The van der Waals surface area contributed by atoms with Gasteiger partial charge in [0.1, 0.15) is 5.78 Å². The van der Waals surface area contributed by atoms with Crippen LogP contribution in [0.2, 0.25) is 0 Å². The fourth-order valence-corrected chi connectivity index (χ4v) is 4.72. The van der Waals surface area contributed by atoms with Crippen LogP contribution in [0.5, 0.6) is 0 Å². The van der Waals surface area contributed by atoms with Crippen LogP contribution in [0.25, 0.3) is 0 Å². The van der Waals surface area contributed by atoms with E-state index in [0.717, 1.165) is 38.6 Å². The maximum atomic E-state index is 12.3. The minimum absolute atomic E-state index is 0.164. The van der Waals surface area contributed by atoms with Crippen molar-refractivity contribution in [2.45, 2.75) is 88.8 Å². The van der Waals surface area contributed by atoms with E-state index in [1.54, 1.807) is 0 Å². The Morgan fingerprint density at radius 2 is 1.55 bits per heavy atom. The molecule has 114 valence electrons. The predicted octanol–water partition coefficient (Wildman–Crippen LogP) is 2.90. The third-order valence-corrected chi connectivity index (χ3v) is 5.78. The van der Waals surface area contributed by atoms with Gasteiger partial charge in [-0.3, -0.25) is 9.69 Å². The molecule has 20 heavy (non-hydrogen) atoms. The monoisotopic (exact) mass is 279 g/mol. The first kappa shape index (κ1) is 14.5. The van der Waals surface area contributed by atoms with E-state index in [2.05, 4.69) is 4.90 Å². The molecule has 0 aromatic rings. The highest BCUT2D eigenvalue weighted by Crippen LogP contribution is 2.35. The molecule has 4 atom stereocenters. The van der Waals surface area contributed by atoms with Crippen molar-refractivity contribution in [1.82, 2.24) is 4.90 Å². The largest absolute Gasteiger partial charge is 0.391 e. The van der Waals surface area contributed by atoms with Gasteiger partial charge in [-0.05, 0) is 45.1 Å². The molecular formula is C17H29NO2. The van der Waals surface area contributed by atoms with Gasteiger partial charge in [-0.2, -0.15) is 0 Å². The third kappa shape index (κ3) is 2.94. The molecule has 0 aromatic heterocycles. The lowest BCUT2D eigenvalue weighted by molar-refractivity contribution is -0.129. The molecule has 3 rings (SSSR count). The van der Waals surface area contributed by atoms with Gasteiger partial charge in [0.15, 0.2) is 0 Å². The fraction of sp³-hybridized carbons (Fsp3) is 0.941. The van der Waals surface area contributed by atoms with Crippen LogP contribution in [0.15, 0.2) is 0 Å². The average Bonchev–Trinajstić information content (AvgIpc) is 2.48. The Balaban J connectivity index is 1.74. The summed E-state index contributed by atoms with van der Waals surface area (Å²) in [7, 11) is 0. The topological polar surface area (TPSA) is 40.5 Å². The van der Waals surface area contributed by atoms with Crippen LogP contribution >= 0.6 is 0 Å². The molecule has 0 bridgehead atoms. The standard InChI is InChI=1S/C17H29NO2/c19-16-10-3-1-7-13(16)14-8-5-6-12-18(14)15-9-2-4-11-17(15)20/h13-15,17,20H,1-12H2. The molecule has 1 saturated heterocycles. The molecular weight excluding hydrogens is 250 g/mol. The maximum absolute atomic E-state index is 12.3. The lowest BCUT2D eigenvalue weighted by Gasteiger charge is -2.47. The van der Waals surface area contributed by atoms with E-state index < -0.39 is 0 Å². The minimum Gasteiger partial charge on any atom is -0.391 e. The summed E-state index contributed by atoms with van der Waals surface area (Å²) in [6.07, 6.45) is 12.2. The van der Waals surface area contributed by atoms with Gasteiger partial charge in [0.2, 0.25) is 0 Å². The average molecular weight is 279 g/mol. The lowest BCUT2D eigenvalue weighted by atomic mass is 9.77. The number of hydrogen-bond acceptors (Lipinski definition) is 3. The first-order valence-electron chi connectivity index (χ1n) is 8.74. The maximum Gasteiger partial charge on any atom is 0.137 e. The Morgan fingerprint density at radius 1 is 0.850 bits per heavy atom. The second-order valence-electron chi connectivity index (χ2n) is 7.04. The van der Waals surface area contributed by atoms with Crippen molar-refractivity contribution < 1.29 is 9.90 Å². The second-order valence-corrected chi connectivity index (χ2v) is 7.04. The van der Waals surface area contributed by atoms with E-state index >= 15 is 0 Å². The quantitative estimate of drug-likeness (QED) is 0.845. The van der Waals surface area contributed by atoms with Crippen molar-refractivity contribution in [3.63, 3.8) is 0 Å². The highest BCUT2D eigenvalue weighted by molar-refractivity contribution is 5.82. The van der Waals surface area contributed by atoms with Crippen LogP contribution in [-0.2, 0) is 4.79 Å². The van der Waals surface area contributed by atoms with Crippen LogP contribution in [0.4, 0.5) is 0 Å². The summed E-state index contributed by atoms with van der Waals surface area (Å²) in [6, 6.07) is 0.748. The summed E-state index contributed by atoms with van der Waals surface area (Å²) >= 11 is 0. The smallest absolute Gasteiger partial charge is 0.137 e. The Kier molecular flexibility index (Phi) is 4.77. The predicted molar refractivity (Wildman–Crippen MR) is 79.6 cm³/mol. The number of rotatable bonds is 2. The van der Waals surface area contributed by atoms with Gasteiger partial charge in [0, 0.05) is 24.4 Å². The molecule has 2 saturated carbocycles. The van der Waals surface area contributed by atoms with Gasteiger partial charge < -0.3 is 5.11 Å². The van der Waals surface area contributed by atoms with Gasteiger partial charge in [0.05, 0.1) is 6.10 Å². The molecule has 0 aromatic carbocycles. The number of piperidine rings is 1. The Bertz CT molecular complexity index is 344. The Morgan fingerprint density at radius 3 is 2.35 bits per heavy atom. The van der Waals surface area contributed by atoms with Crippen LogP contribution in [0, 0.1) is 5.92 Å². The number of hydrogen-bond donors (Lipinski definition) is 1. The van der Waals surface area contributed by atoms with Crippen LogP contribution in [0.1, 0.15) is 70.6 Å². The van der Waals surface area contributed by atoms with Crippen molar-refractivity contribution in [3.05, 3.63) is 0 Å². The second kappa shape index (κ2) is 6.57. The van der Waals surface area contributed by atoms with E-state index in [4.69, 9.17) is 0 Å². The van der Waals surface area contributed by atoms with Crippen LogP contribution < -0.4 is 0 Å². The van der Waals surface area contributed by atoms with Gasteiger partial charge in [-0.15, -0.1) is 0 Å². The number of carbonyl (C=O) groups is 1. The number of Topliss-reactive ketones (excluding diaryl/α,β-unsaturated/α-hetero) is 1. The molecule has 3 fully saturated rings. The van der Waals surface area contributed by atoms with Crippen molar-refractivity contribution in [2.75, 3.05) is 6.54 Å².